The smallest absolute Gasteiger partial charge is 0.364 e. The van der Waals surface area contributed by atoms with E-state index in [0.29, 0.717) is 0 Å². The lowest BCUT2D eigenvalue weighted by molar-refractivity contribution is -0.389. The molecule has 0 bridgehead atoms. The van der Waals surface area contributed by atoms with Gasteiger partial charge >= 0.3 is 18.2 Å². The highest BCUT2D eigenvalue weighted by Crippen LogP contribution is 2.31. The monoisotopic (exact) mass is 338 g/mol. The standard InChI is InChI=1S/C10H9BrF2N2O4/c1-2-19-7(16)4-5-3-6(15(17)18)14-9(8(5)11)10(12)13/h3,10H,2,4H2,1H3. The molecule has 104 valence electrons. The summed E-state index contributed by atoms with van der Waals surface area (Å²) in [6.07, 6.45) is -3.34. The number of carbonyl (C=O) groups excluding carboxylic acids is 1. The largest absolute Gasteiger partial charge is 0.466 e. The van der Waals surface area contributed by atoms with Crippen molar-refractivity contribution in [3.63, 3.8) is 0 Å². The highest BCUT2D eigenvalue weighted by atomic mass is 79.9. The van der Waals surface area contributed by atoms with E-state index in [-0.39, 0.29) is 23.1 Å². The number of nitrogens with zero attached hydrogens (tertiary/aromatic N) is 2. The fraction of sp³-hybridized carbons (Fsp3) is 0.400. The Kier molecular flexibility index (Phi) is 5.28. The summed E-state index contributed by atoms with van der Waals surface area (Å²) in [5, 5.41) is 10.6. The average molecular weight is 339 g/mol. The summed E-state index contributed by atoms with van der Waals surface area (Å²) in [5.41, 5.74) is -0.732. The van der Waals surface area contributed by atoms with Crippen LogP contribution < -0.4 is 0 Å². The molecule has 0 atom stereocenters. The zero-order chi connectivity index (χ0) is 14.6. The Morgan fingerprint density at radius 1 is 1.63 bits per heavy atom. The maximum absolute atomic E-state index is 12.7. The summed E-state index contributed by atoms with van der Waals surface area (Å²) in [4.78, 5) is 24.3. The Labute approximate surface area is 115 Å². The number of hydrogen-bond acceptors (Lipinski definition) is 5. The fourth-order valence-electron chi connectivity index (χ4n) is 1.32. The highest BCUT2D eigenvalue weighted by molar-refractivity contribution is 9.10. The lowest BCUT2D eigenvalue weighted by Gasteiger charge is -2.06. The van der Waals surface area contributed by atoms with Crippen LogP contribution in [0.3, 0.4) is 0 Å². The van der Waals surface area contributed by atoms with E-state index >= 15 is 0 Å². The van der Waals surface area contributed by atoms with Gasteiger partial charge < -0.3 is 14.9 Å². The normalized spacial score (nSPS) is 10.6. The maximum atomic E-state index is 12.7. The van der Waals surface area contributed by atoms with Crippen LogP contribution in [-0.2, 0) is 16.0 Å². The van der Waals surface area contributed by atoms with Gasteiger partial charge in [-0.3, -0.25) is 4.79 Å². The summed E-state index contributed by atoms with van der Waals surface area (Å²) >= 11 is 2.87. The molecule has 0 radical (unpaired) electrons. The molecule has 1 heterocycles. The summed E-state index contributed by atoms with van der Waals surface area (Å²) in [7, 11) is 0. The predicted molar refractivity (Wildman–Crippen MR) is 63.9 cm³/mol. The predicted octanol–water partition coefficient (Wildman–Crippen LogP) is 2.80. The quantitative estimate of drug-likeness (QED) is 0.468. The number of hydrogen-bond donors (Lipinski definition) is 0. The third-order valence-corrected chi connectivity index (χ3v) is 2.99. The van der Waals surface area contributed by atoms with Gasteiger partial charge in [-0.25, -0.2) is 8.78 Å². The minimum atomic E-state index is -2.99. The molecule has 0 N–H and O–H groups in total. The van der Waals surface area contributed by atoms with Crippen molar-refractivity contribution in [1.29, 1.82) is 0 Å². The van der Waals surface area contributed by atoms with Gasteiger partial charge in [0.1, 0.15) is 0 Å². The van der Waals surface area contributed by atoms with E-state index in [4.69, 9.17) is 0 Å². The second-order valence-electron chi connectivity index (χ2n) is 3.38. The number of pyridine rings is 1. The highest BCUT2D eigenvalue weighted by Gasteiger charge is 2.26. The van der Waals surface area contributed by atoms with Crippen molar-refractivity contribution in [3.05, 3.63) is 31.9 Å². The lowest BCUT2D eigenvalue weighted by Crippen LogP contribution is -2.10. The van der Waals surface area contributed by atoms with Gasteiger partial charge in [-0.2, -0.15) is 0 Å². The molecule has 0 amide bonds. The third kappa shape index (κ3) is 3.91. The minimum absolute atomic E-state index is 0.0375. The van der Waals surface area contributed by atoms with E-state index in [1.807, 2.05) is 0 Å². The first-order valence-corrected chi connectivity index (χ1v) is 5.93. The third-order valence-electron chi connectivity index (χ3n) is 2.08. The number of nitro groups is 1. The van der Waals surface area contributed by atoms with Gasteiger partial charge in [-0.15, -0.1) is 0 Å². The second-order valence-corrected chi connectivity index (χ2v) is 4.17. The first-order valence-electron chi connectivity index (χ1n) is 5.14. The molecule has 0 aliphatic carbocycles. The van der Waals surface area contributed by atoms with Crippen LogP contribution in [0.4, 0.5) is 14.6 Å². The first-order chi connectivity index (χ1) is 8.86. The zero-order valence-corrected chi connectivity index (χ0v) is 11.3. The molecule has 0 aliphatic rings. The van der Waals surface area contributed by atoms with Crippen molar-refractivity contribution in [1.82, 2.24) is 4.98 Å². The number of carbonyl (C=O) groups is 1. The van der Waals surface area contributed by atoms with Gasteiger partial charge in [0, 0.05) is 6.07 Å². The molecular formula is C10H9BrF2N2O4. The van der Waals surface area contributed by atoms with Gasteiger partial charge in [0.25, 0.3) is 0 Å². The van der Waals surface area contributed by atoms with Gasteiger partial charge in [-0.05, 0) is 38.3 Å². The Bertz CT molecular complexity index is 511. The van der Waals surface area contributed by atoms with Crippen LogP contribution in [0.1, 0.15) is 24.6 Å². The van der Waals surface area contributed by atoms with Gasteiger partial charge in [-0.1, -0.05) is 0 Å². The number of rotatable bonds is 5. The van der Waals surface area contributed by atoms with Crippen molar-refractivity contribution in [2.45, 2.75) is 19.8 Å². The Balaban J connectivity index is 3.21. The molecule has 0 aliphatic heterocycles. The van der Waals surface area contributed by atoms with Crippen LogP contribution in [0.15, 0.2) is 10.5 Å². The van der Waals surface area contributed by atoms with Crippen LogP contribution in [0.25, 0.3) is 0 Å². The molecule has 0 saturated heterocycles. The number of alkyl halides is 2. The molecule has 6 nitrogen and oxygen atoms in total. The number of esters is 1. The van der Waals surface area contributed by atoms with Crippen molar-refractivity contribution < 1.29 is 23.2 Å². The summed E-state index contributed by atoms with van der Waals surface area (Å²) < 4.78 is 30.0. The number of aromatic nitrogens is 1. The van der Waals surface area contributed by atoms with E-state index in [1.165, 1.54) is 0 Å². The maximum Gasteiger partial charge on any atom is 0.364 e. The van der Waals surface area contributed by atoms with E-state index in [0.717, 1.165) is 6.07 Å². The van der Waals surface area contributed by atoms with Crippen molar-refractivity contribution in [2.75, 3.05) is 6.61 Å². The summed E-state index contributed by atoms with van der Waals surface area (Å²) in [6, 6.07) is 0.965. The molecule has 0 unspecified atom stereocenters. The number of ether oxygens (including phenoxy) is 1. The van der Waals surface area contributed by atoms with Crippen molar-refractivity contribution in [3.8, 4) is 0 Å². The molecule has 0 saturated carbocycles. The molecular weight excluding hydrogens is 330 g/mol. The molecule has 1 aromatic heterocycles. The summed E-state index contributed by atoms with van der Waals surface area (Å²) in [6.45, 7) is 1.72. The van der Waals surface area contributed by atoms with E-state index in [9.17, 15) is 23.7 Å². The summed E-state index contributed by atoms with van der Waals surface area (Å²) in [5.74, 6) is -1.40. The molecule has 9 heteroatoms. The van der Waals surface area contributed by atoms with Gasteiger partial charge in [0.05, 0.1) is 17.5 Å². The van der Waals surface area contributed by atoms with Crippen LogP contribution in [0.2, 0.25) is 0 Å². The Morgan fingerprint density at radius 2 is 2.26 bits per heavy atom. The first kappa shape index (κ1) is 15.4. The van der Waals surface area contributed by atoms with Crippen LogP contribution in [-0.4, -0.2) is 22.5 Å². The van der Waals surface area contributed by atoms with Crippen molar-refractivity contribution in [2.24, 2.45) is 0 Å². The topological polar surface area (TPSA) is 82.3 Å². The molecule has 1 aromatic rings. The minimum Gasteiger partial charge on any atom is -0.466 e. The Morgan fingerprint density at radius 3 is 2.74 bits per heavy atom. The van der Waals surface area contributed by atoms with Gasteiger partial charge in [0.2, 0.25) is 5.69 Å². The van der Waals surface area contributed by atoms with Gasteiger partial charge in [0.15, 0.2) is 0 Å². The molecule has 19 heavy (non-hydrogen) atoms. The average Bonchev–Trinajstić information content (AvgIpc) is 2.31. The number of halogens is 3. The van der Waals surface area contributed by atoms with Crippen LogP contribution in [0, 0.1) is 10.1 Å². The van der Waals surface area contributed by atoms with E-state index in [2.05, 4.69) is 25.7 Å². The molecule has 1 rings (SSSR count). The molecule has 0 aromatic carbocycles. The molecule has 0 fully saturated rings. The second kappa shape index (κ2) is 6.50. The van der Waals surface area contributed by atoms with Crippen LogP contribution >= 0.6 is 15.9 Å². The van der Waals surface area contributed by atoms with Crippen LogP contribution in [0.5, 0.6) is 0 Å². The lowest BCUT2D eigenvalue weighted by atomic mass is 10.1. The van der Waals surface area contributed by atoms with E-state index < -0.39 is 28.8 Å². The van der Waals surface area contributed by atoms with E-state index in [1.54, 1.807) is 6.92 Å². The van der Waals surface area contributed by atoms with Crippen molar-refractivity contribution >= 4 is 27.7 Å². The SMILES string of the molecule is CCOC(=O)Cc1cc([N+](=O)[O-])nc(C(F)F)c1Br. The zero-order valence-electron chi connectivity index (χ0n) is 9.73. The fourth-order valence-corrected chi connectivity index (χ4v) is 1.84. The Hall–Kier alpha value is -1.64. The molecule has 0 spiro atoms.